The van der Waals surface area contributed by atoms with Gasteiger partial charge in [-0.2, -0.15) is 4.31 Å². The Hall–Kier alpha value is -2.35. The van der Waals surface area contributed by atoms with Gasteiger partial charge >= 0.3 is 0 Å². The van der Waals surface area contributed by atoms with Crippen LogP contribution >= 0.6 is 11.3 Å². The standard InChI is InChI=1S/C21H24N4O5S3/c22-32(27,28)19-7-3-2-6-17(19)23-21-24-20(18(14-26)31-21)15-8-10-16(11-9-15)33(29,30)25-12-4-1-5-13-25/h2-3,6-11,26H,1,4-5,12-14H2,(H,23,24)(H2,22,27,28). The molecule has 1 aromatic heterocycles. The lowest BCUT2D eigenvalue weighted by molar-refractivity contribution is 0.286. The van der Waals surface area contributed by atoms with Gasteiger partial charge < -0.3 is 10.4 Å². The van der Waals surface area contributed by atoms with Gasteiger partial charge in [-0.15, -0.1) is 0 Å². The van der Waals surface area contributed by atoms with Crippen LogP contribution in [0.2, 0.25) is 0 Å². The van der Waals surface area contributed by atoms with Crippen LogP contribution in [0.4, 0.5) is 10.8 Å². The second-order valence-corrected chi connectivity index (χ2v) is 12.2. The molecule has 33 heavy (non-hydrogen) atoms. The minimum atomic E-state index is -3.94. The number of sulfonamides is 2. The van der Waals surface area contributed by atoms with Gasteiger partial charge in [0.25, 0.3) is 0 Å². The van der Waals surface area contributed by atoms with Gasteiger partial charge in [-0.05, 0) is 37.1 Å². The number of rotatable bonds is 7. The number of para-hydroxylation sites is 1. The monoisotopic (exact) mass is 508 g/mol. The first kappa shape index (κ1) is 23.8. The average Bonchev–Trinajstić information content (AvgIpc) is 3.22. The molecule has 2 aromatic carbocycles. The van der Waals surface area contributed by atoms with E-state index in [1.807, 2.05) is 0 Å². The van der Waals surface area contributed by atoms with Crippen LogP contribution in [-0.4, -0.2) is 44.3 Å². The Labute approximate surface area is 197 Å². The summed E-state index contributed by atoms with van der Waals surface area (Å²) < 4.78 is 51.0. The number of hydrogen-bond acceptors (Lipinski definition) is 8. The van der Waals surface area contributed by atoms with E-state index in [-0.39, 0.29) is 22.1 Å². The molecular weight excluding hydrogens is 484 g/mol. The molecule has 0 atom stereocenters. The van der Waals surface area contributed by atoms with E-state index in [0.717, 1.165) is 19.3 Å². The molecule has 176 valence electrons. The van der Waals surface area contributed by atoms with Gasteiger partial charge in [0.1, 0.15) is 4.90 Å². The summed E-state index contributed by atoms with van der Waals surface area (Å²) >= 11 is 1.17. The fraction of sp³-hybridized carbons (Fsp3) is 0.286. The molecule has 0 aliphatic carbocycles. The fourth-order valence-electron chi connectivity index (χ4n) is 3.71. The van der Waals surface area contributed by atoms with Gasteiger partial charge in [-0.1, -0.05) is 42.0 Å². The Bertz CT molecular complexity index is 1350. The maximum atomic E-state index is 12.9. The molecule has 0 amide bonds. The molecule has 1 aliphatic heterocycles. The molecule has 1 fully saturated rings. The summed E-state index contributed by atoms with van der Waals surface area (Å²) in [5.74, 6) is 0. The van der Waals surface area contributed by atoms with Gasteiger partial charge in [-0.3, -0.25) is 0 Å². The lowest BCUT2D eigenvalue weighted by Crippen LogP contribution is -2.35. The van der Waals surface area contributed by atoms with E-state index >= 15 is 0 Å². The van der Waals surface area contributed by atoms with Crippen LogP contribution in [0, 0.1) is 0 Å². The van der Waals surface area contributed by atoms with Crippen molar-refractivity contribution in [3.63, 3.8) is 0 Å². The number of nitrogens with zero attached hydrogens (tertiary/aromatic N) is 2. The summed E-state index contributed by atoms with van der Waals surface area (Å²) in [6.07, 6.45) is 2.76. The number of thiazole rings is 1. The zero-order chi connectivity index (χ0) is 23.6. The highest BCUT2D eigenvalue weighted by molar-refractivity contribution is 7.89. The van der Waals surface area contributed by atoms with Crippen LogP contribution in [-0.2, 0) is 26.7 Å². The van der Waals surface area contributed by atoms with Gasteiger partial charge in [0.15, 0.2) is 5.13 Å². The van der Waals surface area contributed by atoms with Crippen LogP contribution in [0.15, 0.2) is 58.3 Å². The highest BCUT2D eigenvalue weighted by atomic mass is 32.2. The summed E-state index contributed by atoms with van der Waals surface area (Å²) in [6, 6.07) is 12.6. The van der Waals surface area contributed by atoms with Crippen molar-refractivity contribution >= 4 is 42.2 Å². The van der Waals surface area contributed by atoms with E-state index in [0.29, 0.717) is 34.4 Å². The van der Waals surface area contributed by atoms with E-state index in [1.54, 1.807) is 42.5 Å². The molecule has 0 radical (unpaired) electrons. The molecule has 4 N–H and O–H groups in total. The van der Waals surface area contributed by atoms with Crippen molar-refractivity contribution in [1.82, 2.24) is 9.29 Å². The van der Waals surface area contributed by atoms with Crippen molar-refractivity contribution in [2.24, 2.45) is 5.14 Å². The van der Waals surface area contributed by atoms with Crippen molar-refractivity contribution in [2.45, 2.75) is 35.7 Å². The van der Waals surface area contributed by atoms with Crippen LogP contribution in [0.1, 0.15) is 24.1 Å². The number of aromatic nitrogens is 1. The largest absolute Gasteiger partial charge is 0.391 e. The third kappa shape index (κ3) is 5.10. The number of nitrogens with one attached hydrogen (secondary N) is 1. The molecule has 0 unspecified atom stereocenters. The van der Waals surface area contributed by atoms with Crippen LogP contribution in [0.3, 0.4) is 0 Å². The quantitative estimate of drug-likeness (QED) is 0.445. The predicted molar refractivity (Wildman–Crippen MR) is 127 cm³/mol. The number of benzene rings is 2. The minimum absolute atomic E-state index is 0.0698. The molecule has 0 bridgehead atoms. The Morgan fingerprint density at radius 1 is 1.00 bits per heavy atom. The second-order valence-electron chi connectivity index (χ2n) is 7.60. The molecule has 4 rings (SSSR count). The maximum absolute atomic E-state index is 12.9. The van der Waals surface area contributed by atoms with E-state index < -0.39 is 20.0 Å². The Morgan fingerprint density at radius 2 is 1.67 bits per heavy atom. The van der Waals surface area contributed by atoms with Crippen LogP contribution < -0.4 is 10.5 Å². The number of anilines is 2. The maximum Gasteiger partial charge on any atom is 0.243 e. The van der Waals surface area contributed by atoms with Crippen LogP contribution in [0.25, 0.3) is 11.3 Å². The number of hydrogen-bond donors (Lipinski definition) is 3. The molecule has 0 spiro atoms. The van der Waals surface area contributed by atoms with Crippen molar-refractivity contribution in [3.05, 3.63) is 53.4 Å². The highest BCUT2D eigenvalue weighted by Gasteiger charge is 2.26. The van der Waals surface area contributed by atoms with Crippen molar-refractivity contribution in [3.8, 4) is 11.3 Å². The molecule has 9 nitrogen and oxygen atoms in total. The van der Waals surface area contributed by atoms with Gasteiger partial charge in [0, 0.05) is 18.7 Å². The lowest BCUT2D eigenvalue weighted by atomic mass is 10.1. The van der Waals surface area contributed by atoms with E-state index in [4.69, 9.17) is 5.14 Å². The lowest BCUT2D eigenvalue weighted by Gasteiger charge is -2.25. The van der Waals surface area contributed by atoms with E-state index in [2.05, 4.69) is 10.3 Å². The van der Waals surface area contributed by atoms with E-state index in [1.165, 1.54) is 21.7 Å². The SMILES string of the molecule is NS(=O)(=O)c1ccccc1Nc1nc(-c2ccc(S(=O)(=O)N3CCCCC3)cc2)c(CO)s1. The zero-order valence-corrected chi connectivity index (χ0v) is 20.1. The Balaban J connectivity index is 1.62. The molecule has 1 aliphatic rings. The molecule has 3 aromatic rings. The smallest absolute Gasteiger partial charge is 0.243 e. The molecule has 1 saturated heterocycles. The number of aliphatic hydroxyl groups excluding tert-OH is 1. The topological polar surface area (TPSA) is 143 Å². The highest BCUT2D eigenvalue weighted by Crippen LogP contribution is 2.34. The van der Waals surface area contributed by atoms with Gasteiger partial charge in [-0.25, -0.2) is 27.0 Å². The van der Waals surface area contributed by atoms with Crippen molar-refractivity contribution < 1.29 is 21.9 Å². The number of aliphatic hydroxyl groups is 1. The third-order valence-electron chi connectivity index (χ3n) is 5.36. The summed E-state index contributed by atoms with van der Waals surface area (Å²) in [5.41, 5.74) is 1.40. The molecule has 2 heterocycles. The van der Waals surface area contributed by atoms with Gasteiger partial charge in [0.2, 0.25) is 20.0 Å². The summed E-state index contributed by atoms with van der Waals surface area (Å²) in [7, 11) is -7.48. The second kappa shape index (κ2) is 9.49. The normalized spacial score (nSPS) is 15.5. The fourth-order valence-corrected chi connectivity index (χ4v) is 6.78. The molecular formula is C21H24N4O5S3. The first-order valence-electron chi connectivity index (χ1n) is 10.3. The third-order valence-corrected chi connectivity index (χ3v) is 9.19. The number of nitrogens with two attached hydrogens (primary N) is 1. The molecule has 0 saturated carbocycles. The van der Waals surface area contributed by atoms with Crippen LogP contribution in [0.5, 0.6) is 0 Å². The summed E-state index contributed by atoms with van der Waals surface area (Å²) in [6.45, 7) is 0.777. The van der Waals surface area contributed by atoms with Crippen molar-refractivity contribution in [1.29, 1.82) is 0 Å². The minimum Gasteiger partial charge on any atom is -0.391 e. The predicted octanol–water partition coefficient (Wildman–Crippen LogP) is 2.87. The number of piperidine rings is 1. The summed E-state index contributed by atoms with van der Waals surface area (Å²) in [4.78, 5) is 5.20. The summed E-state index contributed by atoms with van der Waals surface area (Å²) in [5, 5.41) is 18.4. The Morgan fingerprint density at radius 3 is 2.30 bits per heavy atom. The first-order valence-corrected chi connectivity index (χ1v) is 14.1. The Kier molecular flexibility index (Phi) is 6.84. The van der Waals surface area contributed by atoms with E-state index in [9.17, 15) is 21.9 Å². The average molecular weight is 509 g/mol. The first-order chi connectivity index (χ1) is 15.7. The van der Waals surface area contributed by atoms with Gasteiger partial charge in [0.05, 0.1) is 27.8 Å². The number of primary sulfonamides is 1. The zero-order valence-electron chi connectivity index (χ0n) is 17.6. The molecule has 12 heteroatoms. The van der Waals surface area contributed by atoms with Crippen molar-refractivity contribution in [2.75, 3.05) is 18.4 Å².